The first-order valence-electron chi connectivity index (χ1n) is 6.39. The summed E-state index contributed by atoms with van der Waals surface area (Å²) in [7, 11) is 0. The van der Waals surface area contributed by atoms with Crippen molar-refractivity contribution in [2.24, 2.45) is 0 Å². The summed E-state index contributed by atoms with van der Waals surface area (Å²) in [6, 6.07) is 13.2. The van der Waals surface area contributed by atoms with Crippen molar-refractivity contribution in [2.75, 3.05) is 11.1 Å². The van der Waals surface area contributed by atoms with E-state index < -0.39 is 4.92 Å². The average Bonchev–Trinajstić information content (AvgIpc) is 2.49. The zero-order valence-electron chi connectivity index (χ0n) is 11.4. The number of carbonyl (C=O) groups excluding carboxylic acids is 1. The molecule has 0 saturated heterocycles. The number of para-hydroxylation sites is 1. The lowest BCUT2D eigenvalue weighted by Crippen LogP contribution is -2.12. The number of nitro groups is 1. The molecule has 5 nitrogen and oxygen atoms in total. The molecule has 6 heteroatoms. The van der Waals surface area contributed by atoms with Crippen LogP contribution in [0.15, 0.2) is 53.4 Å². The maximum Gasteiger partial charge on any atom is 0.270 e. The molecule has 0 aliphatic carbocycles. The third kappa shape index (κ3) is 3.82. The molecule has 0 spiro atoms. The third-order valence-electron chi connectivity index (χ3n) is 2.75. The summed E-state index contributed by atoms with van der Waals surface area (Å²) < 4.78 is 0. The minimum absolute atomic E-state index is 0.0983. The number of benzene rings is 2. The number of amides is 1. The first-order chi connectivity index (χ1) is 10.1. The Labute approximate surface area is 126 Å². The van der Waals surface area contributed by atoms with Gasteiger partial charge in [0.25, 0.3) is 11.6 Å². The minimum Gasteiger partial charge on any atom is -0.321 e. The van der Waals surface area contributed by atoms with Crippen LogP contribution >= 0.6 is 11.8 Å². The highest BCUT2D eigenvalue weighted by Crippen LogP contribution is 2.27. The van der Waals surface area contributed by atoms with E-state index in [0.717, 1.165) is 10.6 Å². The maximum atomic E-state index is 12.2. The Hall–Kier alpha value is -2.34. The zero-order chi connectivity index (χ0) is 15.2. The molecule has 0 bridgehead atoms. The summed E-state index contributed by atoms with van der Waals surface area (Å²) in [5.74, 6) is 0.534. The van der Waals surface area contributed by atoms with Crippen molar-refractivity contribution in [1.82, 2.24) is 0 Å². The standard InChI is InChI=1S/C15H14N2O3S/c1-2-21-14-9-4-3-8-13(14)16-15(18)11-6-5-7-12(10-11)17(19)20/h3-10H,2H2,1H3,(H,16,18). The van der Waals surface area contributed by atoms with Crippen molar-refractivity contribution in [3.63, 3.8) is 0 Å². The van der Waals surface area contributed by atoms with E-state index in [1.165, 1.54) is 18.2 Å². The smallest absolute Gasteiger partial charge is 0.270 e. The molecule has 0 aromatic heterocycles. The van der Waals surface area contributed by atoms with Gasteiger partial charge in [0.05, 0.1) is 10.6 Å². The first kappa shape index (κ1) is 15.1. The van der Waals surface area contributed by atoms with Gasteiger partial charge in [-0.1, -0.05) is 25.1 Å². The fourth-order valence-electron chi connectivity index (χ4n) is 1.81. The third-order valence-corrected chi connectivity index (χ3v) is 3.71. The van der Waals surface area contributed by atoms with E-state index in [9.17, 15) is 14.9 Å². The molecular formula is C15H14N2O3S. The summed E-state index contributed by atoms with van der Waals surface area (Å²) in [6.45, 7) is 2.03. The van der Waals surface area contributed by atoms with E-state index in [0.29, 0.717) is 5.69 Å². The number of nitrogens with one attached hydrogen (secondary N) is 1. The van der Waals surface area contributed by atoms with E-state index >= 15 is 0 Å². The molecule has 1 N–H and O–H groups in total. The minimum atomic E-state index is -0.516. The van der Waals surface area contributed by atoms with Crippen LogP contribution in [-0.4, -0.2) is 16.6 Å². The lowest BCUT2D eigenvalue weighted by atomic mass is 10.2. The lowest BCUT2D eigenvalue weighted by molar-refractivity contribution is -0.384. The van der Waals surface area contributed by atoms with E-state index in [-0.39, 0.29) is 17.2 Å². The topological polar surface area (TPSA) is 72.2 Å². The van der Waals surface area contributed by atoms with Gasteiger partial charge >= 0.3 is 0 Å². The molecule has 2 rings (SSSR count). The molecule has 1 amide bonds. The number of anilines is 1. The monoisotopic (exact) mass is 302 g/mol. The predicted molar refractivity (Wildman–Crippen MR) is 83.9 cm³/mol. The second kappa shape index (κ2) is 6.90. The Bertz CT molecular complexity index is 673. The second-order valence-corrected chi connectivity index (χ2v) is 5.50. The second-order valence-electron chi connectivity index (χ2n) is 4.19. The Balaban J connectivity index is 2.22. The van der Waals surface area contributed by atoms with Gasteiger partial charge in [0, 0.05) is 22.6 Å². The largest absolute Gasteiger partial charge is 0.321 e. The van der Waals surface area contributed by atoms with Crippen molar-refractivity contribution in [1.29, 1.82) is 0 Å². The highest BCUT2D eigenvalue weighted by Gasteiger charge is 2.12. The van der Waals surface area contributed by atoms with Gasteiger partial charge in [-0.05, 0) is 24.0 Å². The Kier molecular flexibility index (Phi) is 4.94. The number of nitrogens with zero attached hydrogens (tertiary/aromatic N) is 1. The van der Waals surface area contributed by atoms with Crippen molar-refractivity contribution in [3.8, 4) is 0 Å². The number of nitro benzene ring substituents is 1. The van der Waals surface area contributed by atoms with Crippen LogP contribution in [0.25, 0.3) is 0 Å². The summed E-state index contributed by atoms with van der Waals surface area (Å²) in [5, 5.41) is 13.5. The summed E-state index contributed by atoms with van der Waals surface area (Å²) in [5.41, 5.74) is 0.875. The van der Waals surface area contributed by atoms with Gasteiger partial charge in [0.1, 0.15) is 0 Å². The van der Waals surface area contributed by atoms with Crippen molar-refractivity contribution in [3.05, 3.63) is 64.2 Å². The average molecular weight is 302 g/mol. The molecule has 0 heterocycles. The van der Waals surface area contributed by atoms with Gasteiger partial charge in [0.2, 0.25) is 0 Å². The van der Waals surface area contributed by atoms with Crippen LogP contribution in [0, 0.1) is 10.1 Å². The molecule has 0 fully saturated rings. The van der Waals surface area contributed by atoms with Gasteiger partial charge in [0.15, 0.2) is 0 Å². The van der Waals surface area contributed by atoms with Crippen LogP contribution in [0.2, 0.25) is 0 Å². The normalized spacial score (nSPS) is 10.1. The molecule has 0 saturated carbocycles. The molecule has 0 radical (unpaired) electrons. The van der Waals surface area contributed by atoms with Gasteiger partial charge in [-0.3, -0.25) is 14.9 Å². The zero-order valence-corrected chi connectivity index (χ0v) is 12.2. The molecule has 21 heavy (non-hydrogen) atoms. The Morgan fingerprint density at radius 3 is 2.71 bits per heavy atom. The number of hydrogen-bond donors (Lipinski definition) is 1. The number of non-ortho nitro benzene ring substituents is 1. The quantitative estimate of drug-likeness (QED) is 0.515. The fourth-order valence-corrected chi connectivity index (χ4v) is 2.57. The Morgan fingerprint density at radius 1 is 1.24 bits per heavy atom. The summed E-state index contributed by atoms with van der Waals surface area (Å²) in [4.78, 5) is 23.4. The van der Waals surface area contributed by atoms with Crippen LogP contribution in [0.4, 0.5) is 11.4 Å². The Morgan fingerprint density at radius 2 is 2.00 bits per heavy atom. The lowest BCUT2D eigenvalue weighted by Gasteiger charge is -2.09. The van der Waals surface area contributed by atoms with Gasteiger partial charge < -0.3 is 5.32 Å². The van der Waals surface area contributed by atoms with Crippen LogP contribution in [0.5, 0.6) is 0 Å². The number of carbonyl (C=O) groups is 1. The van der Waals surface area contributed by atoms with E-state index in [1.807, 2.05) is 31.2 Å². The van der Waals surface area contributed by atoms with Crippen molar-refractivity contribution in [2.45, 2.75) is 11.8 Å². The highest BCUT2D eigenvalue weighted by molar-refractivity contribution is 7.99. The molecule has 108 valence electrons. The first-order valence-corrected chi connectivity index (χ1v) is 7.38. The highest BCUT2D eigenvalue weighted by atomic mass is 32.2. The molecule has 0 atom stereocenters. The van der Waals surface area contributed by atoms with E-state index in [2.05, 4.69) is 5.32 Å². The number of rotatable bonds is 5. The van der Waals surface area contributed by atoms with Crippen LogP contribution < -0.4 is 5.32 Å². The molecule has 2 aromatic carbocycles. The molecule has 2 aromatic rings. The molecule has 0 unspecified atom stereocenters. The van der Waals surface area contributed by atoms with Gasteiger partial charge in [-0.25, -0.2) is 0 Å². The fraction of sp³-hybridized carbons (Fsp3) is 0.133. The van der Waals surface area contributed by atoms with Gasteiger partial charge in [-0.2, -0.15) is 0 Å². The molecular weight excluding hydrogens is 288 g/mol. The van der Waals surface area contributed by atoms with Crippen LogP contribution in [0.3, 0.4) is 0 Å². The molecule has 0 aliphatic rings. The van der Waals surface area contributed by atoms with E-state index in [1.54, 1.807) is 17.8 Å². The van der Waals surface area contributed by atoms with Crippen LogP contribution in [-0.2, 0) is 0 Å². The number of thioether (sulfide) groups is 1. The summed E-state index contributed by atoms with van der Waals surface area (Å²) >= 11 is 1.62. The van der Waals surface area contributed by atoms with Crippen molar-refractivity contribution >= 4 is 29.0 Å². The van der Waals surface area contributed by atoms with Crippen molar-refractivity contribution < 1.29 is 9.72 Å². The van der Waals surface area contributed by atoms with Gasteiger partial charge in [-0.15, -0.1) is 11.8 Å². The summed E-state index contributed by atoms with van der Waals surface area (Å²) in [6.07, 6.45) is 0. The maximum absolute atomic E-state index is 12.2. The van der Waals surface area contributed by atoms with E-state index in [4.69, 9.17) is 0 Å². The molecule has 0 aliphatic heterocycles. The SMILES string of the molecule is CCSc1ccccc1NC(=O)c1cccc([N+](=O)[O-])c1. The van der Waals surface area contributed by atoms with Crippen LogP contribution in [0.1, 0.15) is 17.3 Å². The predicted octanol–water partition coefficient (Wildman–Crippen LogP) is 3.96. The number of hydrogen-bond acceptors (Lipinski definition) is 4.